The van der Waals surface area contributed by atoms with E-state index in [4.69, 9.17) is 0 Å². The van der Waals surface area contributed by atoms with Crippen LogP contribution in [0.2, 0.25) is 0 Å². The lowest BCUT2D eigenvalue weighted by molar-refractivity contribution is -0.00000724. The van der Waals surface area contributed by atoms with Crippen LogP contribution in [-0.4, -0.2) is 35.3 Å². The standard InChI is InChI=1S/C22H29NO2.ClH/c1-14-6-8-18(16(3)20(14)24)22(10-12-23(5)13-11-22)19-9-7-15(2)21(25)17(19)4;/h6-9,24-25H,10-13H2,1-5H3;1H/p-1. The first-order valence-electron chi connectivity index (χ1n) is 9.06. The van der Waals surface area contributed by atoms with E-state index in [1.807, 2.05) is 39.8 Å². The first-order valence-corrected chi connectivity index (χ1v) is 9.06. The Balaban J connectivity index is 0.00000243. The van der Waals surface area contributed by atoms with Crippen LogP contribution in [0.4, 0.5) is 0 Å². The number of aromatic hydroxyl groups is 2. The van der Waals surface area contributed by atoms with Gasteiger partial charge in [-0.25, -0.2) is 0 Å². The third-order valence-electron chi connectivity index (χ3n) is 6.14. The highest BCUT2D eigenvalue weighted by Crippen LogP contribution is 2.47. The number of aryl methyl sites for hydroxylation is 2. The van der Waals surface area contributed by atoms with Crippen molar-refractivity contribution in [3.8, 4) is 11.5 Å². The lowest BCUT2D eigenvalue weighted by Gasteiger charge is -2.43. The van der Waals surface area contributed by atoms with Crippen molar-refractivity contribution in [2.24, 2.45) is 0 Å². The van der Waals surface area contributed by atoms with Gasteiger partial charge in [-0.05, 0) is 94.1 Å². The summed E-state index contributed by atoms with van der Waals surface area (Å²) < 4.78 is 0. The van der Waals surface area contributed by atoms with Gasteiger partial charge in [0.1, 0.15) is 11.5 Å². The second-order valence-electron chi connectivity index (χ2n) is 7.69. The number of likely N-dealkylation sites (tertiary alicyclic amines) is 1. The second-order valence-corrected chi connectivity index (χ2v) is 7.69. The molecule has 2 N–H and O–H groups in total. The van der Waals surface area contributed by atoms with Gasteiger partial charge in [0.2, 0.25) is 0 Å². The minimum Gasteiger partial charge on any atom is -1.00 e. The predicted octanol–water partition coefficient (Wildman–Crippen LogP) is 1.35. The van der Waals surface area contributed by atoms with E-state index in [1.165, 1.54) is 11.1 Å². The molecule has 1 aliphatic rings. The summed E-state index contributed by atoms with van der Waals surface area (Å²) in [6.07, 6.45) is 1.96. The Kier molecular flexibility index (Phi) is 5.94. The molecule has 0 atom stereocenters. The average molecular weight is 375 g/mol. The predicted molar refractivity (Wildman–Crippen MR) is 103 cm³/mol. The number of piperidine rings is 1. The molecule has 0 bridgehead atoms. The van der Waals surface area contributed by atoms with E-state index in [1.54, 1.807) is 0 Å². The number of benzene rings is 2. The van der Waals surface area contributed by atoms with Gasteiger partial charge in [-0.3, -0.25) is 0 Å². The minimum absolute atomic E-state index is 0. The maximum Gasteiger partial charge on any atom is 0.121 e. The SMILES string of the molecule is Cc1ccc(C2(c3ccc(C)c(O)c3C)CCN(C)CC2)c(C)c1O.[Cl-]. The van der Waals surface area contributed by atoms with E-state index in [9.17, 15) is 10.2 Å². The molecule has 2 aromatic carbocycles. The molecule has 1 saturated heterocycles. The van der Waals surface area contributed by atoms with Crippen molar-refractivity contribution in [1.29, 1.82) is 0 Å². The second kappa shape index (κ2) is 7.50. The lowest BCUT2D eigenvalue weighted by Crippen LogP contribution is -3.00. The van der Waals surface area contributed by atoms with Crippen molar-refractivity contribution in [2.45, 2.75) is 46.0 Å². The van der Waals surface area contributed by atoms with Gasteiger partial charge in [-0.1, -0.05) is 24.3 Å². The largest absolute Gasteiger partial charge is 1.00 e. The summed E-state index contributed by atoms with van der Waals surface area (Å²) in [6.45, 7) is 9.92. The monoisotopic (exact) mass is 374 g/mol. The molecule has 142 valence electrons. The Bertz CT molecular complexity index is 749. The normalized spacial score (nSPS) is 17.0. The number of nitrogens with zero attached hydrogens (tertiary/aromatic N) is 1. The summed E-state index contributed by atoms with van der Waals surface area (Å²) in [4.78, 5) is 2.35. The van der Waals surface area contributed by atoms with E-state index in [-0.39, 0.29) is 17.8 Å². The molecule has 0 unspecified atom stereocenters. The molecule has 0 aliphatic carbocycles. The molecule has 1 fully saturated rings. The molecule has 3 nitrogen and oxygen atoms in total. The number of hydrogen-bond donors (Lipinski definition) is 2. The van der Waals surface area contributed by atoms with Crippen molar-refractivity contribution in [3.63, 3.8) is 0 Å². The highest BCUT2D eigenvalue weighted by molar-refractivity contribution is 5.56. The fourth-order valence-electron chi connectivity index (χ4n) is 4.39. The van der Waals surface area contributed by atoms with Gasteiger partial charge >= 0.3 is 0 Å². The van der Waals surface area contributed by atoms with Crippen LogP contribution in [0.3, 0.4) is 0 Å². The summed E-state index contributed by atoms with van der Waals surface area (Å²) in [5.41, 5.74) is 5.95. The number of phenolic OH excluding ortho intramolecular Hbond substituents is 2. The molecule has 2 aromatic rings. The topological polar surface area (TPSA) is 43.7 Å². The summed E-state index contributed by atoms with van der Waals surface area (Å²) in [5, 5.41) is 21.1. The highest BCUT2D eigenvalue weighted by atomic mass is 35.5. The summed E-state index contributed by atoms with van der Waals surface area (Å²) >= 11 is 0. The molecule has 4 heteroatoms. The lowest BCUT2D eigenvalue weighted by atomic mass is 9.65. The molecule has 1 heterocycles. The highest BCUT2D eigenvalue weighted by Gasteiger charge is 2.40. The zero-order valence-corrected chi connectivity index (χ0v) is 17.1. The van der Waals surface area contributed by atoms with Crippen LogP contribution in [0.5, 0.6) is 11.5 Å². The molecule has 0 aromatic heterocycles. The Hall–Kier alpha value is -1.71. The first kappa shape index (κ1) is 20.6. The Labute approximate surface area is 163 Å². The zero-order chi connectivity index (χ0) is 18.4. The quantitative estimate of drug-likeness (QED) is 0.834. The number of halogens is 1. The number of phenols is 2. The Morgan fingerprint density at radius 3 is 1.54 bits per heavy atom. The van der Waals surface area contributed by atoms with Crippen molar-refractivity contribution in [3.05, 3.63) is 57.6 Å². The number of hydrogen-bond acceptors (Lipinski definition) is 3. The molecule has 3 rings (SSSR count). The number of rotatable bonds is 2. The summed E-state index contributed by atoms with van der Waals surface area (Å²) in [5.74, 6) is 0.787. The van der Waals surface area contributed by atoms with Crippen LogP contribution in [-0.2, 0) is 5.41 Å². The van der Waals surface area contributed by atoms with Crippen molar-refractivity contribution in [1.82, 2.24) is 4.90 Å². The van der Waals surface area contributed by atoms with Crippen molar-refractivity contribution < 1.29 is 22.6 Å². The first-order chi connectivity index (χ1) is 11.8. The van der Waals surface area contributed by atoms with E-state index in [2.05, 4.69) is 24.1 Å². The van der Waals surface area contributed by atoms with E-state index >= 15 is 0 Å². The summed E-state index contributed by atoms with van der Waals surface area (Å²) in [6, 6.07) is 8.38. The molecule has 0 saturated carbocycles. The van der Waals surface area contributed by atoms with Crippen LogP contribution in [0.1, 0.15) is 46.2 Å². The van der Waals surface area contributed by atoms with Crippen LogP contribution >= 0.6 is 0 Å². The fraction of sp³-hybridized carbons (Fsp3) is 0.455. The molecule has 0 radical (unpaired) electrons. The Morgan fingerprint density at radius 1 is 0.769 bits per heavy atom. The van der Waals surface area contributed by atoms with Gasteiger partial charge in [-0.15, -0.1) is 0 Å². The molecule has 1 aliphatic heterocycles. The van der Waals surface area contributed by atoms with E-state index in [0.29, 0.717) is 11.5 Å². The van der Waals surface area contributed by atoms with E-state index < -0.39 is 0 Å². The minimum atomic E-state index is -0.170. The molecule has 0 amide bonds. The van der Waals surface area contributed by atoms with E-state index in [0.717, 1.165) is 48.2 Å². The van der Waals surface area contributed by atoms with Crippen molar-refractivity contribution >= 4 is 0 Å². The van der Waals surface area contributed by atoms with Gasteiger partial charge in [-0.2, -0.15) is 0 Å². The Morgan fingerprint density at radius 2 is 1.15 bits per heavy atom. The van der Waals surface area contributed by atoms with Crippen LogP contribution in [0.15, 0.2) is 24.3 Å². The van der Waals surface area contributed by atoms with Gasteiger partial charge in [0.15, 0.2) is 0 Å². The fourth-order valence-corrected chi connectivity index (χ4v) is 4.39. The average Bonchev–Trinajstić information content (AvgIpc) is 2.59. The third-order valence-corrected chi connectivity index (χ3v) is 6.14. The maximum atomic E-state index is 10.5. The zero-order valence-electron chi connectivity index (χ0n) is 16.4. The van der Waals surface area contributed by atoms with Crippen LogP contribution in [0.25, 0.3) is 0 Å². The smallest absolute Gasteiger partial charge is 0.121 e. The van der Waals surface area contributed by atoms with Gasteiger partial charge in [0, 0.05) is 5.41 Å². The molecule has 26 heavy (non-hydrogen) atoms. The summed E-state index contributed by atoms with van der Waals surface area (Å²) in [7, 11) is 2.16. The maximum absolute atomic E-state index is 10.5. The molecular formula is C22H29ClNO2-. The van der Waals surface area contributed by atoms with Gasteiger partial charge in [0.25, 0.3) is 0 Å². The van der Waals surface area contributed by atoms with Gasteiger partial charge < -0.3 is 27.5 Å². The van der Waals surface area contributed by atoms with Crippen LogP contribution < -0.4 is 12.4 Å². The molecular weight excluding hydrogens is 346 g/mol. The van der Waals surface area contributed by atoms with Crippen molar-refractivity contribution in [2.75, 3.05) is 20.1 Å². The third kappa shape index (κ3) is 3.19. The van der Waals surface area contributed by atoms with Crippen LogP contribution in [0, 0.1) is 27.7 Å². The molecule has 0 spiro atoms. The van der Waals surface area contributed by atoms with Gasteiger partial charge in [0.05, 0.1) is 0 Å².